The van der Waals surface area contributed by atoms with E-state index in [2.05, 4.69) is 15.3 Å². The summed E-state index contributed by atoms with van der Waals surface area (Å²) < 4.78 is 40.9. The molecule has 1 aliphatic carbocycles. The van der Waals surface area contributed by atoms with E-state index in [1.165, 1.54) is 23.2 Å². The van der Waals surface area contributed by atoms with Crippen LogP contribution in [0.15, 0.2) is 58.9 Å². The summed E-state index contributed by atoms with van der Waals surface area (Å²) in [5.74, 6) is -2.73. The Labute approximate surface area is 230 Å². The number of hydrogen-bond acceptors (Lipinski definition) is 6. The van der Waals surface area contributed by atoms with Crippen molar-refractivity contribution in [1.82, 2.24) is 15.2 Å². The van der Waals surface area contributed by atoms with Crippen molar-refractivity contribution in [3.05, 3.63) is 76.2 Å². The summed E-state index contributed by atoms with van der Waals surface area (Å²) in [5.41, 5.74) is 0.980. The van der Waals surface area contributed by atoms with Gasteiger partial charge in [0.25, 0.3) is 5.91 Å². The average molecular weight is 565 g/mol. The number of aromatic nitrogens is 1. The van der Waals surface area contributed by atoms with Crippen LogP contribution < -0.4 is 5.32 Å². The third kappa shape index (κ3) is 4.58. The maximum Gasteiger partial charge on any atom is 0.418 e. The summed E-state index contributed by atoms with van der Waals surface area (Å²) in [5, 5.41) is 13.0. The second kappa shape index (κ2) is 9.72. The van der Waals surface area contributed by atoms with Crippen LogP contribution in [0, 0.1) is 0 Å². The molecule has 2 aliphatic heterocycles. The summed E-state index contributed by atoms with van der Waals surface area (Å²) in [6.07, 6.45) is -2.33. The van der Waals surface area contributed by atoms with E-state index in [4.69, 9.17) is 0 Å². The molecule has 2 atom stereocenters. The van der Waals surface area contributed by atoms with Crippen LogP contribution in [0.3, 0.4) is 0 Å². The zero-order chi connectivity index (χ0) is 29.1. The van der Waals surface area contributed by atoms with Gasteiger partial charge in [0.05, 0.1) is 16.8 Å². The van der Waals surface area contributed by atoms with Gasteiger partial charge in [0, 0.05) is 60.2 Å². The Bertz CT molecular complexity index is 1700. The van der Waals surface area contributed by atoms with E-state index in [9.17, 15) is 37.5 Å². The van der Waals surface area contributed by atoms with Gasteiger partial charge < -0.3 is 15.0 Å². The van der Waals surface area contributed by atoms with Crippen molar-refractivity contribution in [3.63, 3.8) is 0 Å². The summed E-state index contributed by atoms with van der Waals surface area (Å²) in [4.78, 5) is 58.4. The number of rotatable bonds is 4. The largest absolute Gasteiger partial charge is 0.511 e. The molecule has 2 aromatic carbocycles. The van der Waals surface area contributed by atoms with Crippen molar-refractivity contribution < 1.29 is 37.5 Å². The minimum Gasteiger partial charge on any atom is -0.511 e. The third-order valence-electron chi connectivity index (χ3n) is 7.86. The molecule has 9 nitrogen and oxygen atoms in total. The number of aliphatic hydroxyl groups is 1. The van der Waals surface area contributed by atoms with Gasteiger partial charge >= 0.3 is 6.18 Å². The van der Waals surface area contributed by atoms with E-state index in [1.807, 2.05) is 0 Å². The highest BCUT2D eigenvalue weighted by Crippen LogP contribution is 2.42. The highest BCUT2D eigenvalue weighted by Gasteiger charge is 2.40. The van der Waals surface area contributed by atoms with Crippen LogP contribution in [0.4, 0.5) is 18.9 Å². The SMILES string of the molecule is O=C1CCC(N2Cc3c(N=CC4=C(O)CC(c5cccc6[nH]cc(C(F)(F)F)c56)CC4=O)cccc3C2=O)C(=O)N1. The number of carbonyl (C=O) groups is 4. The zero-order valence-corrected chi connectivity index (χ0v) is 21.4. The number of aromatic amines is 1. The van der Waals surface area contributed by atoms with Crippen LogP contribution in [0.25, 0.3) is 10.9 Å². The monoisotopic (exact) mass is 564 g/mol. The summed E-state index contributed by atoms with van der Waals surface area (Å²) in [6.45, 7) is 0.0806. The molecule has 3 heterocycles. The van der Waals surface area contributed by atoms with Gasteiger partial charge in [-0.15, -0.1) is 0 Å². The summed E-state index contributed by atoms with van der Waals surface area (Å²) in [7, 11) is 0. The van der Waals surface area contributed by atoms with Crippen molar-refractivity contribution in [3.8, 4) is 0 Å². The Hall–Kier alpha value is -4.74. The van der Waals surface area contributed by atoms with Gasteiger partial charge in [-0.25, -0.2) is 0 Å². The molecule has 3 aromatic rings. The lowest BCUT2D eigenvalue weighted by Crippen LogP contribution is -2.52. The number of ketones is 1. The number of alkyl halides is 3. The van der Waals surface area contributed by atoms with E-state index in [-0.39, 0.29) is 60.4 Å². The number of nitrogens with one attached hydrogen (secondary N) is 2. The molecule has 0 saturated carbocycles. The fourth-order valence-corrected chi connectivity index (χ4v) is 5.88. The predicted molar refractivity (Wildman–Crippen MR) is 141 cm³/mol. The number of aliphatic imine (C=N–C) groups is 1. The molecule has 1 fully saturated rings. The fraction of sp³-hybridized carbons (Fsp3) is 0.276. The maximum atomic E-state index is 13.6. The van der Waals surface area contributed by atoms with Gasteiger partial charge in [-0.05, 0) is 36.1 Å². The van der Waals surface area contributed by atoms with Gasteiger partial charge in [-0.3, -0.25) is 29.5 Å². The Morgan fingerprint density at radius 3 is 2.56 bits per heavy atom. The number of Topliss-reactive ketones (excluding diaryl/α,β-unsaturated/α-hetero) is 1. The highest BCUT2D eigenvalue weighted by molar-refractivity contribution is 6.15. The van der Waals surface area contributed by atoms with E-state index < -0.39 is 41.3 Å². The smallest absolute Gasteiger partial charge is 0.418 e. The summed E-state index contributed by atoms with van der Waals surface area (Å²) >= 11 is 0. The molecule has 3 amide bonds. The molecular weight excluding hydrogens is 541 g/mol. The van der Waals surface area contributed by atoms with Crippen molar-refractivity contribution in [2.75, 3.05) is 0 Å². The number of imide groups is 1. The molecule has 210 valence electrons. The molecule has 1 aromatic heterocycles. The number of hydrogen-bond donors (Lipinski definition) is 3. The number of allylic oxidation sites excluding steroid dienone is 2. The molecule has 12 heteroatoms. The standard InChI is InChI=1S/C29H23F3N4O5/c30-29(31,32)19-12-34-21-6-1-3-15(26(19)21)14-9-23(37)17(24(38)10-14)11-33-20-5-2-4-16-18(20)13-36(28(16)41)22-7-8-25(39)35-27(22)40/h1-6,11-12,14,22,34,37H,7-10,13H2,(H,35,39,40). The predicted octanol–water partition coefficient (Wildman–Crippen LogP) is 4.61. The van der Waals surface area contributed by atoms with Crippen LogP contribution in [0.1, 0.15) is 58.6 Å². The Balaban J connectivity index is 1.26. The van der Waals surface area contributed by atoms with Gasteiger partial charge in [0.1, 0.15) is 11.8 Å². The number of H-pyrrole nitrogens is 1. The number of benzene rings is 2. The molecule has 1 saturated heterocycles. The Kier molecular flexibility index (Phi) is 6.28. The Morgan fingerprint density at radius 2 is 1.83 bits per heavy atom. The molecule has 2 unspecified atom stereocenters. The van der Waals surface area contributed by atoms with E-state index in [0.717, 1.165) is 6.20 Å². The molecule has 3 aliphatic rings. The normalized spacial score (nSPS) is 21.8. The van der Waals surface area contributed by atoms with Crippen LogP contribution in [0.5, 0.6) is 0 Å². The molecule has 3 N–H and O–H groups in total. The molecule has 41 heavy (non-hydrogen) atoms. The number of fused-ring (bicyclic) bond motifs is 2. The molecule has 0 spiro atoms. The van der Waals surface area contributed by atoms with Crippen molar-refractivity contribution >= 4 is 46.3 Å². The Morgan fingerprint density at radius 1 is 1.05 bits per heavy atom. The maximum absolute atomic E-state index is 13.6. The lowest BCUT2D eigenvalue weighted by molar-refractivity contribution is -0.137. The quantitative estimate of drug-likeness (QED) is 0.315. The lowest BCUT2D eigenvalue weighted by Gasteiger charge is -2.29. The average Bonchev–Trinajstić information content (AvgIpc) is 3.50. The first-order valence-corrected chi connectivity index (χ1v) is 13.0. The van der Waals surface area contributed by atoms with Crippen LogP contribution in [0.2, 0.25) is 0 Å². The van der Waals surface area contributed by atoms with Gasteiger partial charge in [0.2, 0.25) is 11.8 Å². The number of halogens is 3. The van der Waals surface area contributed by atoms with Crippen LogP contribution in [-0.4, -0.2) is 50.8 Å². The van der Waals surface area contributed by atoms with Gasteiger partial charge in [0.15, 0.2) is 5.78 Å². The summed E-state index contributed by atoms with van der Waals surface area (Å²) in [6, 6.07) is 8.72. The first-order chi connectivity index (χ1) is 19.5. The molecular formula is C29H23F3N4O5. The minimum absolute atomic E-state index is 0.0206. The lowest BCUT2D eigenvalue weighted by atomic mass is 9.81. The molecule has 0 radical (unpaired) electrons. The first kappa shape index (κ1) is 26.5. The van der Waals surface area contributed by atoms with Crippen LogP contribution in [-0.2, 0) is 27.1 Å². The van der Waals surface area contributed by atoms with E-state index >= 15 is 0 Å². The van der Waals surface area contributed by atoms with E-state index in [0.29, 0.717) is 22.4 Å². The second-order valence-electron chi connectivity index (χ2n) is 10.3. The second-order valence-corrected chi connectivity index (χ2v) is 10.3. The molecule has 6 rings (SSSR count). The zero-order valence-electron chi connectivity index (χ0n) is 21.4. The number of nitrogens with zero attached hydrogens (tertiary/aromatic N) is 2. The fourth-order valence-electron chi connectivity index (χ4n) is 5.88. The number of amides is 3. The third-order valence-corrected chi connectivity index (χ3v) is 7.86. The van der Waals surface area contributed by atoms with Crippen molar-refractivity contribution in [2.24, 2.45) is 4.99 Å². The molecule has 0 bridgehead atoms. The van der Waals surface area contributed by atoms with Crippen LogP contribution >= 0.6 is 0 Å². The van der Waals surface area contributed by atoms with Gasteiger partial charge in [-0.2, -0.15) is 13.2 Å². The number of aliphatic hydroxyl groups excluding tert-OH is 1. The number of piperidine rings is 1. The van der Waals surface area contributed by atoms with Crippen molar-refractivity contribution in [1.29, 1.82) is 0 Å². The highest BCUT2D eigenvalue weighted by atomic mass is 19.4. The number of carbonyl (C=O) groups excluding carboxylic acids is 4. The minimum atomic E-state index is -4.59. The van der Waals surface area contributed by atoms with Crippen molar-refractivity contribution in [2.45, 2.75) is 50.4 Å². The van der Waals surface area contributed by atoms with Gasteiger partial charge in [-0.1, -0.05) is 18.2 Å². The van der Waals surface area contributed by atoms with E-state index in [1.54, 1.807) is 24.3 Å². The topological polar surface area (TPSA) is 132 Å². The first-order valence-electron chi connectivity index (χ1n) is 13.0.